The maximum atomic E-state index is 13.7. The lowest BCUT2D eigenvalue weighted by Crippen LogP contribution is -2.37. The van der Waals surface area contributed by atoms with Crippen LogP contribution in [-0.2, 0) is 0 Å². The van der Waals surface area contributed by atoms with E-state index in [9.17, 15) is 4.79 Å². The second kappa shape index (κ2) is 6.64. The number of aromatic nitrogens is 1. The topological polar surface area (TPSA) is 54.6 Å². The summed E-state index contributed by atoms with van der Waals surface area (Å²) in [7, 11) is 3.18. The van der Waals surface area contributed by atoms with Crippen molar-refractivity contribution in [3.63, 3.8) is 0 Å². The lowest BCUT2D eigenvalue weighted by Gasteiger charge is -2.36. The molecule has 2 aliphatic rings. The maximum absolute atomic E-state index is 13.7. The van der Waals surface area contributed by atoms with E-state index in [1.54, 1.807) is 14.2 Å². The van der Waals surface area contributed by atoms with Crippen molar-refractivity contribution in [2.75, 3.05) is 20.8 Å². The summed E-state index contributed by atoms with van der Waals surface area (Å²) in [5.74, 6) is 1.16. The van der Waals surface area contributed by atoms with E-state index in [0.717, 1.165) is 16.8 Å². The third kappa shape index (κ3) is 2.40. The van der Waals surface area contributed by atoms with E-state index in [4.69, 9.17) is 9.47 Å². The molecule has 0 unspecified atom stereocenters. The molecule has 0 saturated carbocycles. The Morgan fingerprint density at radius 1 is 0.935 bits per heavy atom. The van der Waals surface area contributed by atoms with Gasteiger partial charge in [-0.2, -0.15) is 0 Å². The van der Waals surface area contributed by atoms with Crippen molar-refractivity contribution in [2.45, 2.75) is 12.0 Å². The second-order valence-corrected chi connectivity index (χ2v) is 8.09. The first kappa shape index (κ1) is 18.1. The molecule has 5 heteroatoms. The molecule has 154 valence electrons. The van der Waals surface area contributed by atoms with Crippen LogP contribution in [0, 0.1) is 0 Å². The van der Waals surface area contributed by atoms with Crippen molar-refractivity contribution in [3.8, 4) is 11.5 Å². The molecule has 2 aliphatic heterocycles. The highest BCUT2D eigenvalue weighted by Gasteiger charge is 2.47. The molecule has 31 heavy (non-hydrogen) atoms. The first-order valence-corrected chi connectivity index (χ1v) is 10.4. The van der Waals surface area contributed by atoms with Gasteiger partial charge in [-0.25, -0.2) is 0 Å². The molecule has 0 radical (unpaired) electrons. The number of carbonyl (C=O) groups excluding carboxylic acids is 1. The minimum Gasteiger partial charge on any atom is -0.493 e. The molecule has 1 amide bonds. The Hall–Kier alpha value is -3.73. The van der Waals surface area contributed by atoms with Crippen LogP contribution in [0.4, 0.5) is 0 Å². The number of benzene rings is 3. The van der Waals surface area contributed by atoms with Gasteiger partial charge in [0.15, 0.2) is 11.5 Å². The van der Waals surface area contributed by atoms with Gasteiger partial charge >= 0.3 is 0 Å². The number of rotatable bonds is 3. The summed E-state index contributed by atoms with van der Waals surface area (Å²) in [6.07, 6.45) is 0. The maximum Gasteiger partial charge on any atom is 0.259 e. The molecule has 6 rings (SSSR count). The highest BCUT2D eigenvalue weighted by atomic mass is 16.5. The Balaban J connectivity index is 1.63. The Bertz CT molecular complexity index is 1330. The zero-order chi connectivity index (χ0) is 21.1. The van der Waals surface area contributed by atoms with E-state index in [1.165, 1.54) is 16.5 Å². The fraction of sp³-hybridized carbons (Fsp3) is 0.192. The lowest BCUT2D eigenvalue weighted by atomic mass is 9.83. The van der Waals surface area contributed by atoms with Crippen LogP contribution < -0.4 is 9.47 Å². The van der Waals surface area contributed by atoms with E-state index in [1.807, 2.05) is 29.2 Å². The zero-order valence-corrected chi connectivity index (χ0v) is 17.4. The number of carbonyl (C=O) groups is 1. The fourth-order valence-electron chi connectivity index (χ4n) is 5.34. The highest BCUT2D eigenvalue weighted by Crippen LogP contribution is 2.52. The Labute approximate surface area is 180 Å². The molecule has 2 atom stereocenters. The van der Waals surface area contributed by atoms with Crippen LogP contribution in [-0.4, -0.2) is 36.6 Å². The van der Waals surface area contributed by atoms with Gasteiger partial charge in [-0.05, 0) is 28.8 Å². The number of fused-ring (bicyclic) bond motifs is 7. The summed E-state index contributed by atoms with van der Waals surface area (Å²) >= 11 is 0. The average molecular weight is 410 g/mol. The monoisotopic (exact) mass is 410 g/mol. The summed E-state index contributed by atoms with van der Waals surface area (Å²) in [5, 5.41) is 1.22. The fourth-order valence-corrected chi connectivity index (χ4v) is 5.34. The average Bonchev–Trinajstić information content (AvgIpc) is 3.34. The first-order chi connectivity index (χ1) is 15.2. The molecule has 0 aliphatic carbocycles. The van der Waals surface area contributed by atoms with Gasteiger partial charge < -0.3 is 19.4 Å². The summed E-state index contributed by atoms with van der Waals surface area (Å²) < 4.78 is 11.1. The van der Waals surface area contributed by atoms with Gasteiger partial charge in [0, 0.05) is 29.1 Å². The largest absolute Gasteiger partial charge is 0.493 e. The second-order valence-electron chi connectivity index (χ2n) is 8.09. The van der Waals surface area contributed by atoms with E-state index in [0.29, 0.717) is 23.6 Å². The Morgan fingerprint density at radius 2 is 1.71 bits per heavy atom. The van der Waals surface area contributed by atoms with Gasteiger partial charge in [0.1, 0.15) is 0 Å². The molecule has 0 bridgehead atoms. The highest BCUT2D eigenvalue weighted by molar-refractivity contribution is 6.04. The number of hydrogen-bond acceptors (Lipinski definition) is 3. The molecule has 1 N–H and O–H groups in total. The van der Waals surface area contributed by atoms with Crippen molar-refractivity contribution in [1.29, 1.82) is 0 Å². The van der Waals surface area contributed by atoms with Crippen molar-refractivity contribution in [1.82, 2.24) is 9.88 Å². The molecule has 5 nitrogen and oxygen atoms in total. The van der Waals surface area contributed by atoms with Gasteiger partial charge in [0.05, 0.1) is 25.8 Å². The van der Waals surface area contributed by atoms with Crippen molar-refractivity contribution in [2.24, 2.45) is 0 Å². The number of hydrogen-bond donors (Lipinski definition) is 1. The normalized spacial score (nSPS) is 19.2. The van der Waals surface area contributed by atoms with Crippen molar-refractivity contribution < 1.29 is 14.3 Å². The quantitative estimate of drug-likeness (QED) is 0.524. The van der Waals surface area contributed by atoms with Gasteiger partial charge in [-0.3, -0.25) is 4.79 Å². The standard InChI is InChI=1S/C26H22N2O3/c1-30-20-13-12-17-22(25(20)31-2)26(29)28-14-18(15-8-4-3-5-9-15)21-16-10-6-7-11-19(16)27-23(21)24(17)28/h3-13,18,24,27H,14H2,1-2H3/t18-,24-/m0/s1. The van der Waals surface area contributed by atoms with Crippen LogP contribution in [0.1, 0.15) is 44.7 Å². The number of H-pyrrole nitrogens is 1. The van der Waals surface area contributed by atoms with Crippen LogP contribution in [0.15, 0.2) is 66.7 Å². The summed E-state index contributed by atoms with van der Waals surface area (Å²) in [4.78, 5) is 19.3. The third-order valence-electron chi connectivity index (χ3n) is 6.64. The molecule has 3 aromatic carbocycles. The zero-order valence-electron chi connectivity index (χ0n) is 17.4. The van der Waals surface area contributed by atoms with E-state index in [-0.39, 0.29) is 17.9 Å². The van der Waals surface area contributed by atoms with E-state index >= 15 is 0 Å². The summed E-state index contributed by atoms with van der Waals surface area (Å²) in [6, 6.07) is 22.6. The minimum absolute atomic E-state index is 0.0130. The Kier molecular flexibility index (Phi) is 3.87. The number of amides is 1. The first-order valence-electron chi connectivity index (χ1n) is 10.4. The predicted molar refractivity (Wildman–Crippen MR) is 119 cm³/mol. The molecular formula is C26H22N2O3. The number of aromatic amines is 1. The van der Waals surface area contributed by atoms with Crippen molar-refractivity contribution in [3.05, 3.63) is 94.7 Å². The van der Waals surface area contributed by atoms with Gasteiger partial charge in [0.25, 0.3) is 5.91 Å². The number of nitrogens with zero attached hydrogens (tertiary/aromatic N) is 1. The number of methoxy groups -OCH3 is 2. The van der Waals surface area contributed by atoms with Gasteiger partial charge in [-0.15, -0.1) is 0 Å². The van der Waals surface area contributed by atoms with Gasteiger partial charge in [0.2, 0.25) is 0 Å². The molecular weight excluding hydrogens is 388 g/mol. The van der Waals surface area contributed by atoms with Crippen molar-refractivity contribution >= 4 is 16.8 Å². The Morgan fingerprint density at radius 3 is 2.48 bits per heavy atom. The van der Waals surface area contributed by atoms with Crippen LogP contribution in [0.25, 0.3) is 10.9 Å². The molecule has 3 heterocycles. The van der Waals surface area contributed by atoms with Crippen LogP contribution >= 0.6 is 0 Å². The molecule has 0 fully saturated rings. The van der Waals surface area contributed by atoms with Crippen LogP contribution in [0.5, 0.6) is 11.5 Å². The van der Waals surface area contributed by atoms with Crippen LogP contribution in [0.3, 0.4) is 0 Å². The molecule has 1 aromatic heterocycles. The van der Waals surface area contributed by atoms with E-state index < -0.39 is 0 Å². The smallest absolute Gasteiger partial charge is 0.259 e. The molecule has 0 saturated heterocycles. The van der Waals surface area contributed by atoms with Gasteiger partial charge in [-0.1, -0.05) is 54.6 Å². The lowest BCUT2D eigenvalue weighted by molar-refractivity contribution is 0.0725. The van der Waals surface area contributed by atoms with Crippen LogP contribution in [0.2, 0.25) is 0 Å². The molecule has 0 spiro atoms. The predicted octanol–water partition coefficient (Wildman–Crippen LogP) is 4.88. The van der Waals surface area contributed by atoms with E-state index in [2.05, 4.69) is 47.4 Å². The number of para-hydroxylation sites is 1. The molecule has 4 aromatic rings. The summed E-state index contributed by atoms with van der Waals surface area (Å²) in [5.41, 5.74) is 6.23. The minimum atomic E-state index is -0.162. The third-order valence-corrected chi connectivity index (χ3v) is 6.64. The summed E-state index contributed by atoms with van der Waals surface area (Å²) in [6.45, 7) is 0.614. The number of nitrogens with one attached hydrogen (secondary N) is 1. The number of ether oxygens (including phenoxy) is 2. The SMILES string of the molecule is COc1ccc2c(c1OC)C(=O)N1C[C@@H](c3ccccc3)c3c([nH]c4ccccc34)[C@H]21.